The Hall–Kier alpha value is -0.900. The van der Waals surface area contributed by atoms with E-state index in [9.17, 15) is 9.59 Å². The molecule has 0 fully saturated rings. The maximum atomic E-state index is 10.5. The summed E-state index contributed by atoms with van der Waals surface area (Å²) < 4.78 is 0. The van der Waals surface area contributed by atoms with Gasteiger partial charge in [0.1, 0.15) is 6.29 Å². The van der Waals surface area contributed by atoms with Gasteiger partial charge in [0.05, 0.1) is 0 Å². The van der Waals surface area contributed by atoms with E-state index in [1.54, 1.807) is 0 Å². The Morgan fingerprint density at radius 1 is 1.25 bits per heavy atom. The van der Waals surface area contributed by atoms with Gasteiger partial charge in [0.2, 0.25) is 0 Å². The molecule has 0 unspecified atom stereocenters. The highest BCUT2D eigenvalue weighted by molar-refractivity contribution is 5.68. The van der Waals surface area contributed by atoms with Crippen molar-refractivity contribution in [1.82, 2.24) is 0 Å². The van der Waals surface area contributed by atoms with E-state index >= 15 is 0 Å². The van der Waals surface area contributed by atoms with E-state index in [4.69, 9.17) is 0 Å². The number of rotatable bonds is 7. The molecule has 0 atom stereocenters. The Morgan fingerprint density at radius 3 is 2.50 bits per heavy atom. The summed E-state index contributed by atoms with van der Waals surface area (Å²) in [4.78, 5) is 24.4. The van der Waals surface area contributed by atoms with Crippen LogP contribution in [0, 0.1) is 0 Å². The van der Waals surface area contributed by atoms with E-state index < -0.39 is 0 Å². The Kier molecular flexibility index (Phi) is 7.58. The van der Waals surface area contributed by atoms with Crippen LogP contribution < -0.4 is 5.90 Å². The first-order valence-electron chi connectivity index (χ1n) is 4.14. The van der Waals surface area contributed by atoms with Crippen LogP contribution in [0.3, 0.4) is 0 Å². The van der Waals surface area contributed by atoms with Crippen LogP contribution in [-0.4, -0.2) is 12.3 Å². The van der Waals surface area contributed by atoms with Crippen LogP contribution in [0.15, 0.2) is 0 Å². The van der Waals surface area contributed by atoms with Gasteiger partial charge in [-0.2, -0.15) is 5.90 Å². The molecular formula is C8H15NO3. The lowest BCUT2D eigenvalue weighted by atomic mass is 10.1. The summed E-state index contributed by atoms with van der Waals surface area (Å²) in [6.45, 7) is 0. The van der Waals surface area contributed by atoms with Gasteiger partial charge in [-0.25, -0.2) is 0 Å². The minimum Gasteiger partial charge on any atom is -0.373 e. The Labute approximate surface area is 72.0 Å². The fourth-order valence-corrected chi connectivity index (χ4v) is 0.909. The van der Waals surface area contributed by atoms with Gasteiger partial charge in [-0.05, 0) is 12.8 Å². The Morgan fingerprint density at radius 2 is 1.92 bits per heavy atom. The lowest BCUT2D eigenvalue weighted by molar-refractivity contribution is -0.144. The molecule has 4 nitrogen and oxygen atoms in total. The lowest BCUT2D eigenvalue weighted by Gasteiger charge is -1.97. The van der Waals surface area contributed by atoms with Crippen LogP contribution >= 0.6 is 0 Å². The molecule has 12 heavy (non-hydrogen) atoms. The van der Waals surface area contributed by atoms with Gasteiger partial charge in [0.15, 0.2) is 0 Å². The van der Waals surface area contributed by atoms with Gasteiger partial charge in [-0.3, -0.25) is 4.79 Å². The number of hydrogen-bond acceptors (Lipinski definition) is 4. The molecule has 0 aromatic heterocycles. The lowest BCUT2D eigenvalue weighted by Crippen LogP contribution is -2.08. The number of carbonyl (C=O) groups excluding carboxylic acids is 2. The first-order chi connectivity index (χ1) is 5.81. The monoisotopic (exact) mass is 173 g/mol. The largest absolute Gasteiger partial charge is 0.373 e. The van der Waals surface area contributed by atoms with Crippen molar-refractivity contribution >= 4 is 12.3 Å². The molecule has 0 saturated carbocycles. The second-order valence-corrected chi connectivity index (χ2v) is 2.61. The molecule has 0 aliphatic rings. The van der Waals surface area contributed by atoms with E-state index in [1.807, 2.05) is 0 Å². The standard InChI is InChI=1S/C8H15NO3/c9-12-8(11)6-4-2-1-3-5-7-10/h7H,1-6,9H2. The van der Waals surface area contributed by atoms with E-state index in [-0.39, 0.29) is 5.97 Å². The zero-order valence-electron chi connectivity index (χ0n) is 7.12. The van der Waals surface area contributed by atoms with Crippen molar-refractivity contribution in [2.45, 2.75) is 38.5 Å². The first-order valence-corrected chi connectivity index (χ1v) is 4.14. The van der Waals surface area contributed by atoms with E-state index in [0.29, 0.717) is 12.8 Å². The molecule has 0 aromatic rings. The van der Waals surface area contributed by atoms with Crippen molar-refractivity contribution < 1.29 is 14.4 Å². The fraction of sp³-hybridized carbons (Fsp3) is 0.750. The van der Waals surface area contributed by atoms with Crippen LogP contribution in [0.1, 0.15) is 38.5 Å². The summed E-state index contributed by atoms with van der Waals surface area (Å²) in [6.07, 6.45) is 5.52. The van der Waals surface area contributed by atoms with Crippen molar-refractivity contribution in [3.63, 3.8) is 0 Å². The summed E-state index contributed by atoms with van der Waals surface area (Å²) in [7, 11) is 0. The molecule has 0 saturated heterocycles. The topological polar surface area (TPSA) is 69.4 Å². The SMILES string of the molecule is NOC(=O)CCCCCCC=O. The summed E-state index contributed by atoms with van der Waals surface area (Å²) in [5.74, 6) is 4.27. The molecule has 70 valence electrons. The third-order valence-electron chi connectivity index (χ3n) is 1.58. The Bertz CT molecular complexity index is 136. The predicted octanol–water partition coefficient (Wildman–Crippen LogP) is 0.943. The first kappa shape index (κ1) is 11.1. The van der Waals surface area contributed by atoms with Crippen molar-refractivity contribution in [3.05, 3.63) is 0 Å². The molecule has 0 rings (SSSR count). The molecule has 0 heterocycles. The molecule has 0 aliphatic carbocycles. The van der Waals surface area contributed by atoms with Crippen molar-refractivity contribution in [3.8, 4) is 0 Å². The van der Waals surface area contributed by atoms with E-state index in [0.717, 1.165) is 32.0 Å². The molecule has 0 spiro atoms. The molecule has 0 aromatic carbocycles. The van der Waals surface area contributed by atoms with Gasteiger partial charge in [-0.1, -0.05) is 12.8 Å². The van der Waals surface area contributed by atoms with Gasteiger partial charge >= 0.3 is 5.97 Å². The number of aldehydes is 1. The number of unbranched alkanes of at least 4 members (excludes halogenated alkanes) is 4. The third kappa shape index (κ3) is 7.21. The minimum atomic E-state index is -0.370. The fourth-order valence-electron chi connectivity index (χ4n) is 0.909. The molecule has 0 amide bonds. The van der Waals surface area contributed by atoms with Gasteiger partial charge in [-0.15, -0.1) is 0 Å². The molecule has 0 radical (unpaired) electrons. The minimum absolute atomic E-state index is 0.370. The van der Waals surface area contributed by atoms with Crippen molar-refractivity contribution in [2.24, 2.45) is 5.90 Å². The third-order valence-corrected chi connectivity index (χ3v) is 1.58. The second-order valence-electron chi connectivity index (χ2n) is 2.61. The molecule has 2 N–H and O–H groups in total. The maximum absolute atomic E-state index is 10.5. The average molecular weight is 173 g/mol. The van der Waals surface area contributed by atoms with Gasteiger partial charge < -0.3 is 9.63 Å². The van der Waals surface area contributed by atoms with E-state index in [2.05, 4.69) is 10.7 Å². The normalized spacial score (nSPS) is 9.42. The highest BCUT2D eigenvalue weighted by Crippen LogP contribution is 2.04. The number of nitrogens with two attached hydrogens (primary N) is 1. The van der Waals surface area contributed by atoms with Crippen LogP contribution in [-0.2, 0) is 14.4 Å². The zero-order valence-corrected chi connectivity index (χ0v) is 7.12. The summed E-state index contributed by atoms with van der Waals surface area (Å²) in [5, 5.41) is 0. The highest BCUT2D eigenvalue weighted by Gasteiger charge is 1.99. The number of carbonyl (C=O) groups is 2. The number of hydrogen-bond donors (Lipinski definition) is 1. The van der Waals surface area contributed by atoms with Crippen LogP contribution in [0.25, 0.3) is 0 Å². The summed E-state index contributed by atoms with van der Waals surface area (Å²) >= 11 is 0. The highest BCUT2D eigenvalue weighted by atomic mass is 16.7. The quantitative estimate of drug-likeness (QED) is 0.353. The second kappa shape index (κ2) is 8.20. The van der Waals surface area contributed by atoms with Gasteiger partial charge in [0.25, 0.3) is 0 Å². The van der Waals surface area contributed by atoms with Crippen LogP contribution in [0.2, 0.25) is 0 Å². The van der Waals surface area contributed by atoms with E-state index in [1.165, 1.54) is 0 Å². The average Bonchev–Trinajstić information content (AvgIpc) is 2.10. The van der Waals surface area contributed by atoms with Crippen LogP contribution in [0.4, 0.5) is 0 Å². The Balaban J connectivity index is 3.00. The molecule has 0 bridgehead atoms. The zero-order chi connectivity index (χ0) is 9.23. The smallest absolute Gasteiger partial charge is 0.324 e. The van der Waals surface area contributed by atoms with Crippen molar-refractivity contribution in [2.75, 3.05) is 0 Å². The predicted molar refractivity (Wildman–Crippen MR) is 44.0 cm³/mol. The molecule has 4 heteroatoms. The maximum Gasteiger partial charge on any atom is 0.324 e. The van der Waals surface area contributed by atoms with Crippen LogP contribution in [0.5, 0.6) is 0 Å². The summed E-state index contributed by atoms with van der Waals surface area (Å²) in [5.41, 5.74) is 0. The molecule has 0 aliphatic heterocycles. The van der Waals surface area contributed by atoms with Gasteiger partial charge in [0, 0.05) is 12.8 Å². The summed E-state index contributed by atoms with van der Waals surface area (Å²) in [6, 6.07) is 0. The molecular weight excluding hydrogens is 158 g/mol. The van der Waals surface area contributed by atoms with Crippen molar-refractivity contribution in [1.29, 1.82) is 0 Å².